The van der Waals surface area contributed by atoms with Gasteiger partial charge in [0, 0.05) is 28.3 Å². The second kappa shape index (κ2) is 32.7. The van der Waals surface area contributed by atoms with Crippen LogP contribution in [0.2, 0.25) is 0 Å². The maximum absolute atomic E-state index is 9.55. The lowest BCUT2D eigenvalue weighted by Gasteiger charge is -2.22. The maximum atomic E-state index is 9.55. The van der Waals surface area contributed by atoms with Gasteiger partial charge in [0.15, 0.2) is 0 Å². The molecule has 0 radical (unpaired) electrons. The predicted molar refractivity (Wildman–Crippen MR) is 162 cm³/mol. The van der Waals surface area contributed by atoms with Crippen molar-refractivity contribution in [1.29, 1.82) is 0 Å². The van der Waals surface area contributed by atoms with Crippen LogP contribution in [-0.4, -0.2) is 76.0 Å². The van der Waals surface area contributed by atoms with Gasteiger partial charge in [0.2, 0.25) is 0 Å². The summed E-state index contributed by atoms with van der Waals surface area (Å²) in [7, 11) is 0. The molecule has 0 saturated carbocycles. The molecule has 33 heavy (non-hydrogen) atoms. The summed E-state index contributed by atoms with van der Waals surface area (Å²) in [5.41, 5.74) is 0. The molecule has 4 N–H and O–H groups in total. The van der Waals surface area contributed by atoms with E-state index in [0.29, 0.717) is 23.0 Å². The summed E-state index contributed by atoms with van der Waals surface area (Å²) >= 11 is 31.4. The molecule has 1 atom stereocenters. The Kier molecular flexibility index (Phi) is 43.3. The molecule has 200 valence electrons. The predicted octanol–water partition coefficient (Wildman–Crippen LogP) is 4.09. The van der Waals surface area contributed by atoms with Crippen LogP contribution in [0, 0.1) is 0 Å². The zero-order valence-corrected chi connectivity index (χ0v) is 25.3. The van der Waals surface area contributed by atoms with E-state index in [-0.39, 0.29) is 30.9 Å². The van der Waals surface area contributed by atoms with Crippen LogP contribution in [0.5, 0.6) is 0 Å². The number of aliphatic carboxylic acids is 4. The smallest absolute Gasteiger partial charge is 0.304 e. The van der Waals surface area contributed by atoms with Gasteiger partial charge in [-0.05, 0) is 6.42 Å². The summed E-state index contributed by atoms with van der Waals surface area (Å²) < 4.78 is -0.543. The maximum Gasteiger partial charge on any atom is 0.304 e. The molecule has 0 aromatic heterocycles. The minimum absolute atomic E-state index is 0.150. The molecule has 0 bridgehead atoms. The molecule has 0 aliphatic heterocycles. The van der Waals surface area contributed by atoms with Gasteiger partial charge in [-0.2, -0.15) is 101 Å². The zero-order chi connectivity index (χ0) is 27.5. The molecule has 0 spiro atoms. The highest BCUT2D eigenvalue weighted by atomic mass is 32.2. The normalized spacial score (nSPS) is 10.2. The van der Waals surface area contributed by atoms with E-state index in [4.69, 9.17) is 20.4 Å². The quantitative estimate of drug-likeness (QED) is 0.122. The number of hydrogen-bond donors (Lipinski definition) is 12. The number of carboxylic acids is 4. The lowest BCUT2D eigenvalue weighted by atomic mass is 10.3. The van der Waals surface area contributed by atoms with Crippen LogP contribution in [0.15, 0.2) is 0 Å². The highest BCUT2D eigenvalue weighted by Gasteiger charge is 2.22. The van der Waals surface area contributed by atoms with Crippen molar-refractivity contribution in [3.63, 3.8) is 0 Å². The van der Waals surface area contributed by atoms with Crippen molar-refractivity contribution in [2.75, 3.05) is 23.0 Å². The van der Waals surface area contributed by atoms with Crippen molar-refractivity contribution in [1.82, 2.24) is 0 Å². The summed E-state index contributed by atoms with van der Waals surface area (Å²) in [5.74, 6) is -1.44. The number of carboxylic acid groups (broad SMARTS) is 4. The monoisotopic (exact) mass is 624 g/mol. The Hall–Kier alpha value is 0.680. The fraction of sp³-hybridized carbons (Fsp3) is 0.765. The molecule has 1 unspecified atom stereocenters. The van der Waals surface area contributed by atoms with Gasteiger partial charge in [0.05, 0.1) is 25.7 Å². The fourth-order valence-corrected chi connectivity index (χ4v) is 2.26. The van der Waals surface area contributed by atoms with Crippen LogP contribution >= 0.6 is 101 Å². The first-order chi connectivity index (χ1) is 15.1. The van der Waals surface area contributed by atoms with Crippen LogP contribution in [0.3, 0.4) is 0 Å². The van der Waals surface area contributed by atoms with E-state index in [1.54, 1.807) is 0 Å². The minimum atomic E-state index is -0.787. The van der Waals surface area contributed by atoms with Gasteiger partial charge < -0.3 is 20.4 Å². The third kappa shape index (κ3) is 65.4. The molecule has 0 rings (SSSR count). The Balaban J connectivity index is -0.000000100. The van der Waals surface area contributed by atoms with Crippen molar-refractivity contribution < 1.29 is 39.6 Å². The SMILES string of the molecule is CCCC(S)C(S)(S)S.O=C(O)CCS.O=C(O)CCS.O=C(O)CCS.O=C(O)CCS. The van der Waals surface area contributed by atoms with Crippen LogP contribution in [0.25, 0.3) is 0 Å². The molecule has 0 fully saturated rings. The van der Waals surface area contributed by atoms with Crippen molar-refractivity contribution in [3.05, 3.63) is 0 Å². The second-order valence-corrected chi connectivity index (χ2v) is 11.0. The Labute approximate surface area is 240 Å². The van der Waals surface area contributed by atoms with Crippen molar-refractivity contribution >= 4 is 125 Å². The Morgan fingerprint density at radius 2 is 0.848 bits per heavy atom. The van der Waals surface area contributed by atoms with Gasteiger partial charge in [-0.1, -0.05) is 13.3 Å². The number of rotatable bonds is 11. The molecular weight excluding hydrogens is 589 g/mol. The highest BCUT2D eigenvalue weighted by molar-refractivity contribution is 8.18. The zero-order valence-electron chi connectivity index (χ0n) is 18.1. The van der Waals surface area contributed by atoms with Gasteiger partial charge in [-0.25, -0.2) is 0 Å². The lowest BCUT2D eigenvalue weighted by molar-refractivity contribution is -0.137. The van der Waals surface area contributed by atoms with Crippen LogP contribution in [-0.2, 0) is 19.2 Å². The van der Waals surface area contributed by atoms with E-state index in [0.717, 1.165) is 12.8 Å². The van der Waals surface area contributed by atoms with Crippen LogP contribution in [0.1, 0.15) is 45.4 Å². The molecular formula is C17H36O8S8. The summed E-state index contributed by atoms with van der Waals surface area (Å²) in [4.78, 5) is 38.2. The first kappa shape index (κ1) is 43.7. The van der Waals surface area contributed by atoms with E-state index < -0.39 is 27.3 Å². The van der Waals surface area contributed by atoms with E-state index in [2.05, 4.69) is 108 Å². The topological polar surface area (TPSA) is 149 Å². The molecule has 0 saturated heterocycles. The average molecular weight is 625 g/mol. The molecule has 0 aromatic carbocycles. The van der Waals surface area contributed by atoms with Gasteiger partial charge in [0.1, 0.15) is 3.41 Å². The van der Waals surface area contributed by atoms with Gasteiger partial charge in [-0.15, -0.1) is 0 Å². The van der Waals surface area contributed by atoms with Gasteiger partial charge in [-0.3, -0.25) is 19.2 Å². The van der Waals surface area contributed by atoms with Gasteiger partial charge >= 0.3 is 23.9 Å². The molecule has 16 heteroatoms. The first-order valence-electron chi connectivity index (χ1n) is 9.22. The molecule has 8 nitrogen and oxygen atoms in total. The van der Waals surface area contributed by atoms with Crippen molar-refractivity contribution in [3.8, 4) is 0 Å². The molecule has 0 aliphatic carbocycles. The summed E-state index contributed by atoms with van der Waals surface area (Å²) in [6, 6.07) is 0. The van der Waals surface area contributed by atoms with Crippen LogP contribution in [0.4, 0.5) is 0 Å². The second-order valence-electron chi connectivity index (χ2n) is 5.46. The van der Waals surface area contributed by atoms with Crippen molar-refractivity contribution in [2.45, 2.75) is 54.1 Å². The van der Waals surface area contributed by atoms with E-state index in [9.17, 15) is 19.2 Å². The highest BCUT2D eigenvalue weighted by Crippen LogP contribution is 2.34. The standard InChI is InChI=1S/C5H12S4.4C3H6O2S/c1-2-3-4(6)5(7,8)9;4*4-3(5)1-2-6/h4,6-9H,2-3H2,1H3;4*6H,1-2H2,(H,4,5). The Morgan fingerprint density at radius 3 is 0.879 bits per heavy atom. The first-order valence-corrected chi connectivity index (χ1v) is 13.6. The van der Waals surface area contributed by atoms with Crippen LogP contribution < -0.4 is 0 Å². The summed E-state index contributed by atoms with van der Waals surface area (Å²) in [6.45, 7) is 2.10. The molecule has 0 aromatic rings. The number of thiol groups is 8. The number of carbonyl (C=O) groups is 4. The number of hydrogen-bond acceptors (Lipinski definition) is 12. The molecule has 0 heterocycles. The van der Waals surface area contributed by atoms with Gasteiger partial charge in [0.25, 0.3) is 0 Å². The Morgan fingerprint density at radius 1 is 0.636 bits per heavy atom. The van der Waals surface area contributed by atoms with Crippen molar-refractivity contribution in [2.24, 2.45) is 0 Å². The molecule has 0 aliphatic rings. The largest absolute Gasteiger partial charge is 0.481 e. The molecule has 0 amide bonds. The lowest BCUT2D eigenvalue weighted by Crippen LogP contribution is -2.19. The van der Waals surface area contributed by atoms with E-state index in [1.165, 1.54) is 0 Å². The third-order valence-corrected chi connectivity index (χ3v) is 5.40. The van der Waals surface area contributed by atoms with E-state index in [1.807, 2.05) is 0 Å². The Bertz CT molecular complexity index is 426. The summed E-state index contributed by atoms with van der Waals surface area (Å²) in [6.07, 6.45) is 2.72. The fourth-order valence-electron chi connectivity index (χ4n) is 0.850. The van der Waals surface area contributed by atoms with E-state index >= 15 is 0 Å². The average Bonchev–Trinajstić information content (AvgIpc) is 2.62. The summed E-state index contributed by atoms with van der Waals surface area (Å²) in [5, 5.41) is 31.6. The minimum Gasteiger partial charge on any atom is -0.481 e. The third-order valence-electron chi connectivity index (χ3n) is 2.31.